The first kappa shape index (κ1) is 17.0. The van der Waals surface area contributed by atoms with E-state index in [4.69, 9.17) is 0 Å². The molecule has 5 rings (SSSR count). The molecule has 1 aromatic carbocycles. The Morgan fingerprint density at radius 3 is 2.56 bits per heavy atom. The van der Waals surface area contributed by atoms with E-state index in [1.54, 1.807) is 12.1 Å². The lowest BCUT2D eigenvalue weighted by atomic mass is 9.53. The van der Waals surface area contributed by atoms with E-state index >= 15 is 0 Å². The van der Waals surface area contributed by atoms with Gasteiger partial charge in [0.1, 0.15) is 11.5 Å². The Hall–Kier alpha value is -2.16. The van der Waals surface area contributed by atoms with Crippen LogP contribution in [0.4, 0.5) is 0 Å². The van der Waals surface area contributed by atoms with Crippen molar-refractivity contribution >= 4 is 11.6 Å². The molecular weight excluding hydrogens is 336 g/mol. The van der Waals surface area contributed by atoms with E-state index in [0.29, 0.717) is 30.5 Å². The molecule has 0 aliphatic heterocycles. The molecule has 2 fully saturated rings. The second-order valence-electron chi connectivity index (χ2n) is 9.05. The average Bonchev–Trinajstić information content (AvgIpc) is 2.96. The molecule has 0 bridgehead atoms. The maximum Gasteiger partial charge on any atom is 0.156 e. The summed E-state index contributed by atoms with van der Waals surface area (Å²) in [6.45, 7) is 2.19. The number of aromatic hydroxyl groups is 1. The first-order valence-corrected chi connectivity index (χ1v) is 10.3. The highest BCUT2D eigenvalue weighted by molar-refractivity contribution is 5.93. The van der Waals surface area contributed by atoms with Crippen molar-refractivity contribution in [3.05, 3.63) is 52.6 Å². The Balaban J connectivity index is 1.69. The number of carbonyl (C=O) groups excluding carboxylic acids is 2. The highest BCUT2D eigenvalue weighted by Crippen LogP contribution is 2.62. The van der Waals surface area contributed by atoms with Gasteiger partial charge in [-0.1, -0.05) is 24.6 Å². The fourth-order valence-electron chi connectivity index (χ4n) is 6.44. The lowest BCUT2D eigenvalue weighted by Crippen LogP contribution is -2.43. The number of hydrogen-bond donors (Lipinski definition) is 1. The Morgan fingerprint density at radius 1 is 1.00 bits per heavy atom. The summed E-state index contributed by atoms with van der Waals surface area (Å²) in [5.74, 6) is 2.07. The van der Waals surface area contributed by atoms with Gasteiger partial charge in [0, 0.05) is 24.2 Å². The smallest absolute Gasteiger partial charge is 0.156 e. The highest BCUT2D eigenvalue weighted by atomic mass is 16.3. The molecule has 27 heavy (non-hydrogen) atoms. The zero-order chi connectivity index (χ0) is 18.8. The third kappa shape index (κ3) is 2.47. The molecule has 0 saturated heterocycles. The molecule has 4 aliphatic carbocycles. The van der Waals surface area contributed by atoms with E-state index in [1.165, 1.54) is 22.3 Å². The highest BCUT2D eigenvalue weighted by Gasteiger charge is 2.56. The molecule has 140 valence electrons. The third-order valence-electron chi connectivity index (χ3n) is 7.74. The van der Waals surface area contributed by atoms with Crippen LogP contribution in [0.2, 0.25) is 0 Å². The molecule has 4 aliphatic rings. The Labute approximate surface area is 160 Å². The summed E-state index contributed by atoms with van der Waals surface area (Å²) in [5.41, 5.74) is 5.11. The SMILES string of the molecule is CC12CC(c3ccc(O)cc3)C3=C4CCC(=O)C=C4CCC3C1CCC2=O. The molecule has 4 atom stereocenters. The molecule has 4 unspecified atom stereocenters. The number of benzene rings is 1. The summed E-state index contributed by atoms with van der Waals surface area (Å²) >= 11 is 0. The normalized spacial score (nSPS) is 35.4. The van der Waals surface area contributed by atoms with Crippen molar-refractivity contribution in [3.8, 4) is 5.75 Å². The molecule has 2 saturated carbocycles. The van der Waals surface area contributed by atoms with Crippen LogP contribution in [0.15, 0.2) is 47.1 Å². The molecule has 0 radical (unpaired) electrons. The van der Waals surface area contributed by atoms with Crippen molar-refractivity contribution in [2.75, 3.05) is 0 Å². The molecule has 0 aromatic heterocycles. The predicted molar refractivity (Wildman–Crippen MR) is 103 cm³/mol. The molecule has 1 aromatic rings. The summed E-state index contributed by atoms with van der Waals surface area (Å²) in [5, 5.41) is 9.73. The predicted octanol–water partition coefficient (Wildman–Crippen LogP) is 4.86. The molecule has 3 nitrogen and oxygen atoms in total. The van der Waals surface area contributed by atoms with Gasteiger partial charge in [-0.25, -0.2) is 0 Å². The Bertz CT molecular complexity index is 889. The quantitative estimate of drug-likeness (QED) is 0.776. The summed E-state index contributed by atoms with van der Waals surface area (Å²) < 4.78 is 0. The number of allylic oxidation sites excluding steroid dienone is 4. The van der Waals surface area contributed by atoms with Gasteiger partial charge in [0.15, 0.2) is 5.78 Å². The fourth-order valence-corrected chi connectivity index (χ4v) is 6.44. The first-order valence-electron chi connectivity index (χ1n) is 10.3. The van der Waals surface area contributed by atoms with Crippen molar-refractivity contribution < 1.29 is 14.7 Å². The minimum atomic E-state index is -0.233. The summed E-state index contributed by atoms with van der Waals surface area (Å²) in [6, 6.07) is 7.54. The van der Waals surface area contributed by atoms with Crippen LogP contribution in [0, 0.1) is 17.3 Å². The van der Waals surface area contributed by atoms with Gasteiger partial charge in [-0.15, -0.1) is 0 Å². The van der Waals surface area contributed by atoms with Crippen LogP contribution in [0.3, 0.4) is 0 Å². The van der Waals surface area contributed by atoms with Crippen LogP contribution in [0.5, 0.6) is 5.75 Å². The summed E-state index contributed by atoms with van der Waals surface area (Å²) in [7, 11) is 0. The maximum atomic E-state index is 12.8. The number of carbonyl (C=O) groups is 2. The van der Waals surface area contributed by atoms with Crippen LogP contribution in [0.25, 0.3) is 0 Å². The summed E-state index contributed by atoms with van der Waals surface area (Å²) in [4.78, 5) is 24.8. The van der Waals surface area contributed by atoms with Crippen molar-refractivity contribution in [2.24, 2.45) is 17.3 Å². The van der Waals surface area contributed by atoms with Crippen molar-refractivity contribution in [2.45, 2.75) is 57.8 Å². The second-order valence-corrected chi connectivity index (χ2v) is 9.05. The van der Waals surface area contributed by atoms with Gasteiger partial charge in [0.2, 0.25) is 0 Å². The Kier molecular flexibility index (Phi) is 3.72. The largest absolute Gasteiger partial charge is 0.508 e. The zero-order valence-corrected chi connectivity index (χ0v) is 15.8. The van der Waals surface area contributed by atoms with Crippen LogP contribution in [0.1, 0.15) is 63.4 Å². The number of ketones is 2. The van der Waals surface area contributed by atoms with Crippen LogP contribution in [-0.2, 0) is 9.59 Å². The minimum absolute atomic E-state index is 0.214. The summed E-state index contributed by atoms with van der Waals surface area (Å²) in [6.07, 6.45) is 7.95. The number of phenols is 1. The van der Waals surface area contributed by atoms with E-state index in [9.17, 15) is 14.7 Å². The second kappa shape index (κ2) is 5.92. The topological polar surface area (TPSA) is 54.4 Å². The molecule has 1 N–H and O–H groups in total. The van der Waals surface area contributed by atoms with Gasteiger partial charge < -0.3 is 5.11 Å². The van der Waals surface area contributed by atoms with E-state index in [0.717, 1.165) is 32.1 Å². The van der Waals surface area contributed by atoms with Gasteiger partial charge in [-0.3, -0.25) is 9.59 Å². The van der Waals surface area contributed by atoms with Crippen LogP contribution in [-0.4, -0.2) is 16.7 Å². The average molecular weight is 362 g/mol. The van der Waals surface area contributed by atoms with E-state index in [2.05, 4.69) is 6.92 Å². The number of hydrogen-bond acceptors (Lipinski definition) is 3. The molecule has 0 heterocycles. The molecular formula is C24H26O3. The van der Waals surface area contributed by atoms with Gasteiger partial charge >= 0.3 is 0 Å². The number of fused-ring (bicyclic) bond motifs is 4. The third-order valence-corrected chi connectivity index (χ3v) is 7.74. The lowest BCUT2D eigenvalue weighted by molar-refractivity contribution is -0.128. The van der Waals surface area contributed by atoms with Gasteiger partial charge in [-0.05, 0) is 78.9 Å². The van der Waals surface area contributed by atoms with E-state index in [-0.39, 0.29) is 22.9 Å². The Morgan fingerprint density at radius 2 is 1.78 bits per heavy atom. The van der Waals surface area contributed by atoms with Gasteiger partial charge in [0.25, 0.3) is 0 Å². The standard InChI is InChI=1S/C24H26O3/c1-24-13-20(14-2-5-16(25)6-3-14)23-18-9-7-17(26)12-15(18)4-8-19(23)21(24)10-11-22(24)27/h2-3,5-6,12,19-21,25H,4,7-11,13H2,1H3. The molecule has 3 heteroatoms. The van der Waals surface area contributed by atoms with Crippen LogP contribution >= 0.6 is 0 Å². The fraction of sp³-hybridized carbons (Fsp3) is 0.500. The van der Waals surface area contributed by atoms with Crippen molar-refractivity contribution in [3.63, 3.8) is 0 Å². The minimum Gasteiger partial charge on any atom is -0.508 e. The van der Waals surface area contributed by atoms with E-state index in [1.807, 2.05) is 18.2 Å². The van der Waals surface area contributed by atoms with Crippen molar-refractivity contribution in [1.29, 1.82) is 0 Å². The lowest BCUT2D eigenvalue weighted by Gasteiger charge is -2.50. The molecule has 0 spiro atoms. The zero-order valence-electron chi connectivity index (χ0n) is 15.8. The van der Waals surface area contributed by atoms with E-state index < -0.39 is 0 Å². The number of Topliss-reactive ketones (excluding diaryl/α,β-unsaturated/α-hetero) is 1. The van der Waals surface area contributed by atoms with Gasteiger partial charge in [0.05, 0.1) is 0 Å². The number of phenolic OH excluding ortho intramolecular Hbond substituents is 1. The van der Waals surface area contributed by atoms with Crippen molar-refractivity contribution in [1.82, 2.24) is 0 Å². The van der Waals surface area contributed by atoms with Gasteiger partial charge in [-0.2, -0.15) is 0 Å². The monoisotopic (exact) mass is 362 g/mol. The number of rotatable bonds is 1. The first-order chi connectivity index (χ1) is 13.0. The van der Waals surface area contributed by atoms with Crippen LogP contribution < -0.4 is 0 Å². The molecule has 0 amide bonds. The maximum absolute atomic E-state index is 12.8.